The number of aliphatic carboxylic acids is 1. The van der Waals surface area contributed by atoms with Gasteiger partial charge in [0.2, 0.25) is 0 Å². The first kappa shape index (κ1) is 17.5. The Balaban J connectivity index is 1.90. The quantitative estimate of drug-likeness (QED) is 0.819. The summed E-state index contributed by atoms with van der Waals surface area (Å²) in [4.78, 5) is 23.3. The molecule has 1 amide bonds. The van der Waals surface area contributed by atoms with Crippen molar-refractivity contribution < 1.29 is 19.4 Å². The fraction of sp³-hybridized carbons (Fsp3) is 0.263. The molecule has 2 aromatic rings. The average molecular weight is 327 g/mol. The van der Waals surface area contributed by atoms with Gasteiger partial charge in [-0.2, -0.15) is 0 Å². The third kappa shape index (κ3) is 5.12. The monoisotopic (exact) mass is 327 g/mol. The molecule has 2 aromatic carbocycles. The number of ether oxygens (including phenoxy) is 1. The molecule has 0 saturated carbocycles. The van der Waals surface area contributed by atoms with Crippen molar-refractivity contribution in [3.63, 3.8) is 0 Å². The van der Waals surface area contributed by atoms with Gasteiger partial charge in [0, 0.05) is 6.42 Å². The molecule has 1 unspecified atom stereocenters. The van der Waals surface area contributed by atoms with Crippen LogP contribution in [0.25, 0.3) is 0 Å². The second-order valence-corrected chi connectivity index (χ2v) is 5.68. The molecule has 0 aliphatic carbocycles. The lowest BCUT2D eigenvalue weighted by Gasteiger charge is -2.15. The lowest BCUT2D eigenvalue weighted by Crippen LogP contribution is -2.44. The van der Waals surface area contributed by atoms with Crippen LogP contribution < -0.4 is 10.1 Å². The summed E-state index contributed by atoms with van der Waals surface area (Å²) in [6.45, 7) is 3.73. The van der Waals surface area contributed by atoms with Crippen molar-refractivity contribution in [1.82, 2.24) is 5.32 Å². The van der Waals surface area contributed by atoms with Gasteiger partial charge < -0.3 is 15.2 Å². The van der Waals surface area contributed by atoms with Crippen molar-refractivity contribution in [3.8, 4) is 5.75 Å². The van der Waals surface area contributed by atoms with Crippen LogP contribution in [0, 0.1) is 13.8 Å². The summed E-state index contributed by atoms with van der Waals surface area (Å²) in [6, 6.07) is 13.7. The minimum absolute atomic E-state index is 0.221. The minimum atomic E-state index is -1.07. The number of rotatable bonds is 7. The first-order chi connectivity index (χ1) is 11.5. The SMILES string of the molecule is Cc1ccc(OCC(=O)NC(Cc2ccccc2)C(=O)O)cc1C. The highest BCUT2D eigenvalue weighted by atomic mass is 16.5. The molecule has 0 aromatic heterocycles. The molecule has 0 aliphatic heterocycles. The smallest absolute Gasteiger partial charge is 0.326 e. The molecule has 0 fully saturated rings. The number of carbonyl (C=O) groups is 2. The summed E-state index contributed by atoms with van der Waals surface area (Å²) >= 11 is 0. The van der Waals surface area contributed by atoms with Gasteiger partial charge >= 0.3 is 5.97 Å². The maximum absolute atomic E-state index is 12.0. The topological polar surface area (TPSA) is 75.6 Å². The third-order valence-electron chi connectivity index (χ3n) is 3.76. The van der Waals surface area contributed by atoms with Crippen molar-refractivity contribution in [1.29, 1.82) is 0 Å². The number of carboxylic acid groups (broad SMARTS) is 1. The molecule has 0 spiro atoms. The molecular formula is C19H21NO4. The molecule has 5 heteroatoms. The maximum atomic E-state index is 12.0. The van der Waals surface area contributed by atoms with E-state index < -0.39 is 17.9 Å². The third-order valence-corrected chi connectivity index (χ3v) is 3.76. The van der Waals surface area contributed by atoms with E-state index in [0.29, 0.717) is 5.75 Å². The van der Waals surface area contributed by atoms with Crippen LogP contribution in [0.4, 0.5) is 0 Å². The molecule has 1 atom stereocenters. The van der Waals surface area contributed by atoms with Gasteiger partial charge in [-0.05, 0) is 42.7 Å². The summed E-state index contributed by atoms with van der Waals surface area (Å²) in [6.07, 6.45) is 0.228. The highest BCUT2D eigenvalue weighted by Crippen LogP contribution is 2.16. The van der Waals surface area contributed by atoms with E-state index in [-0.39, 0.29) is 13.0 Å². The van der Waals surface area contributed by atoms with Gasteiger partial charge in [-0.3, -0.25) is 4.79 Å². The van der Waals surface area contributed by atoms with E-state index in [1.807, 2.05) is 56.3 Å². The summed E-state index contributed by atoms with van der Waals surface area (Å²) in [5, 5.41) is 11.8. The Kier molecular flexibility index (Phi) is 5.95. The fourth-order valence-corrected chi connectivity index (χ4v) is 2.24. The van der Waals surface area contributed by atoms with Gasteiger partial charge in [0.15, 0.2) is 6.61 Å². The zero-order chi connectivity index (χ0) is 17.5. The van der Waals surface area contributed by atoms with Crippen LogP contribution in [-0.4, -0.2) is 29.6 Å². The van der Waals surface area contributed by atoms with Crippen LogP contribution in [0.3, 0.4) is 0 Å². The summed E-state index contributed by atoms with van der Waals surface area (Å²) in [5.74, 6) is -0.946. The predicted molar refractivity (Wildman–Crippen MR) is 91.1 cm³/mol. The molecular weight excluding hydrogens is 306 g/mol. The van der Waals surface area contributed by atoms with E-state index in [2.05, 4.69) is 5.32 Å². The average Bonchev–Trinajstić information content (AvgIpc) is 2.56. The molecule has 24 heavy (non-hydrogen) atoms. The number of amides is 1. The van der Waals surface area contributed by atoms with Gasteiger partial charge in [0.25, 0.3) is 5.91 Å². The Morgan fingerprint density at radius 2 is 1.79 bits per heavy atom. The van der Waals surface area contributed by atoms with Gasteiger partial charge in [-0.1, -0.05) is 36.4 Å². The molecule has 5 nitrogen and oxygen atoms in total. The Labute approximate surface area is 141 Å². The van der Waals surface area contributed by atoms with Gasteiger partial charge in [0.05, 0.1) is 0 Å². The number of carboxylic acids is 1. The fourth-order valence-electron chi connectivity index (χ4n) is 2.24. The van der Waals surface area contributed by atoms with Gasteiger partial charge in [0.1, 0.15) is 11.8 Å². The summed E-state index contributed by atoms with van der Waals surface area (Å²) in [7, 11) is 0. The molecule has 0 radical (unpaired) electrons. The van der Waals surface area contributed by atoms with Crippen LogP contribution in [0.1, 0.15) is 16.7 Å². The standard InChI is InChI=1S/C19H21NO4/c1-13-8-9-16(10-14(13)2)24-12-18(21)20-17(19(22)23)11-15-6-4-3-5-7-15/h3-10,17H,11-12H2,1-2H3,(H,20,21)(H,22,23). The van der Waals surface area contributed by atoms with Gasteiger partial charge in [-0.15, -0.1) is 0 Å². The van der Waals surface area contributed by atoms with E-state index in [1.54, 1.807) is 6.07 Å². The second kappa shape index (κ2) is 8.15. The maximum Gasteiger partial charge on any atom is 0.326 e. The molecule has 0 heterocycles. The molecule has 0 aliphatic rings. The Hall–Kier alpha value is -2.82. The lowest BCUT2D eigenvalue weighted by atomic mass is 10.1. The Bertz CT molecular complexity index is 713. The number of benzene rings is 2. The van der Waals surface area contributed by atoms with Crippen LogP contribution >= 0.6 is 0 Å². The zero-order valence-corrected chi connectivity index (χ0v) is 13.8. The van der Waals surface area contributed by atoms with Crippen molar-refractivity contribution >= 4 is 11.9 Å². The van der Waals surface area contributed by atoms with E-state index in [0.717, 1.165) is 16.7 Å². The Morgan fingerprint density at radius 3 is 2.42 bits per heavy atom. The van der Waals surface area contributed by atoms with Crippen molar-refractivity contribution in [3.05, 3.63) is 65.2 Å². The van der Waals surface area contributed by atoms with Crippen molar-refractivity contribution in [2.45, 2.75) is 26.3 Å². The highest BCUT2D eigenvalue weighted by molar-refractivity contribution is 5.84. The minimum Gasteiger partial charge on any atom is -0.484 e. The predicted octanol–water partition coefficient (Wildman–Crippen LogP) is 2.49. The van der Waals surface area contributed by atoms with Crippen LogP contribution in [0.15, 0.2) is 48.5 Å². The molecule has 2 rings (SSSR count). The molecule has 2 N–H and O–H groups in total. The van der Waals surface area contributed by atoms with Crippen molar-refractivity contribution in [2.75, 3.05) is 6.61 Å². The molecule has 0 saturated heterocycles. The summed E-state index contributed by atoms with van der Waals surface area (Å²) in [5.41, 5.74) is 3.06. The first-order valence-electron chi connectivity index (χ1n) is 7.72. The van der Waals surface area contributed by atoms with Crippen LogP contribution in [-0.2, 0) is 16.0 Å². The number of hydrogen-bond donors (Lipinski definition) is 2. The largest absolute Gasteiger partial charge is 0.484 e. The number of carbonyl (C=O) groups excluding carboxylic acids is 1. The van der Waals surface area contributed by atoms with Crippen LogP contribution in [0.2, 0.25) is 0 Å². The highest BCUT2D eigenvalue weighted by Gasteiger charge is 2.20. The van der Waals surface area contributed by atoms with Gasteiger partial charge in [-0.25, -0.2) is 4.79 Å². The number of nitrogens with one attached hydrogen (secondary N) is 1. The normalized spacial score (nSPS) is 11.6. The zero-order valence-electron chi connectivity index (χ0n) is 13.8. The first-order valence-corrected chi connectivity index (χ1v) is 7.72. The van der Waals surface area contributed by atoms with E-state index in [1.165, 1.54) is 0 Å². The van der Waals surface area contributed by atoms with Crippen molar-refractivity contribution in [2.24, 2.45) is 0 Å². The molecule has 126 valence electrons. The second-order valence-electron chi connectivity index (χ2n) is 5.68. The van der Waals surface area contributed by atoms with E-state index >= 15 is 0 Å². The molecule has 0 bridgehead atoms. The van der Waals surface area contributed by atoms with Crippen LogP contribution in [0.5, 0.6) is 5.75 Å². The Morgan fingerprint density at radius 1 is 1.08 bits per heavy atom. The van der Waals surface area contributed by atoms with E-state index in [4.69, 9.17) is 4.74 Å². The number of aryl methyl sites for hydroxylation is 2. The summed E-state index contributed by atoms with van der Waals surface area (Å²) < 4.78 is 5.43. The number of hydrogen-bond acceptors (Lipinski definition) is 3. The lowest BCUT2D eigenvalue weighted by molar-refractivity contribution is -0.142. The van der Waals surface area contributed by atoms with E-state index in [9.17, 15) is 14.7 Å².